The molecule has 0 spiro atoms. The van der Waals surface area contributed by atoms with Crippen LogP contribution < -0.4 is 10.1 Å². The van der Waals surface area contributed by atoms with Crippen LogP contribution in [0.3, 0.4) is 0 Å². The first-order valence-electron chi connectivity index (χ1n) is 5.71. The standard InChI is InChI=1S/C13H13F3N2O3/c1-21-9-4-2-8(3-5-9)6-18-7-10(12(19)20)11(17)13(14,15)16/h2-5,7,17-18H,6H2,1H3,(H,19,20)/b10-7+,17-11?. The number of carboxylic acid groups (broad SMARTS) is 1. The fraction of sp³-hybridized carbons (Fsp3) is 0.231. The summed E-state index contributed by atoms with van der Waals surface area (Å²) in [4.78, 5) is 10.7. The van der Waals surface area contributed by atoms with Gasteiger partial charge in [0, 0.05) is 12.7 Å². The summed E-state index contributed by atoms with van der Waals surface area (Å²) >= 11 is 0. The quantitative estimate of drug-likeness (QED) is 0.556. The van der Waals surface area contributed by atoms with Crippen molar-refractivity contribution in [3.8, 4) is 5.75 Å². The molecule has 0 aliphatic rings. The van der Waals surface area contributed by atoms with Crippen LogP contribution in [0.15, 0.2) is 36.0 Å². The van der Waals surface area contributed by atoms with Gasteiger partial charge in [-0.2, -0.15) is 13.2 Å². The summed E-state index contributed by atoms with van der Waals surface area (Å²) in [6, 6.07) is 6.68. The first kappa shape index (κ1) is 16.5. The molecule has 1 aromatic rings. The monoisotopic (exact) mass is 302 g/mol. The second-order valence-electron chi connectivity index (χ2n) is 3.96. The zero-order valence-electron chi connectivity index (χ0n) is 11.0. The molecule has 0 saturated carbocycles. The van der Waals surface area contributed by atoms with Crippen LogP contribution in [0.5, 0.6) is 5.75 Å². The number of rotatable bonds is 6. The average molecular weight is 302 g/mol. The van der Waals surface area contributed by atoms with Crippen LogP contribution >= 0.6 is 0 Å². The number of halogens is 3. The molecular weight excluding hydrogens is 289 g/mol. The van der Waals surface area contributed by atoms with Crippen molar-refractivity contribution < 1.29 is 27.8 Å². The maximum absolute atomic E-state index is 12.3. The molecule has 0 heterocycles. The number of benzene rings is 1. The third-order valence-electron chi connectivity index (χ3n) is 2.49. The number of carbonyl (C=O) groups is 1. The second kappa shape index (κ2) is 6.78. The van der Waals surface area contributed by atoms with Gasteiger partial charge in [-0.1, -0.05) is 12.1 Å². The Morgan fingerprint density at radius 1 is 1.38 bits per heavy atom. The smallest absolute Gasteiger partial charge is 0.433 e. The molecule has 0 unspecified atom stereocenters. The minimum atomic E-state index is -5.01. The SMILES string of the molecule is COc1ccc(CN/C=C(\C(=N)C(F)(F)F)C(=O)O)cc1. The van der Waals surface area contributed by atoms with E-state index in [9.17, 15) is 18.0 Å². The van der Waals surface area contributed by atoms with Crippen molar-refractivity contribution in [3.63, 3.8) is 0 Å². The van der Waals surface area contributed by atoms with Crippen molar-refractivity contribution in [2.24, 2.45) is 0 Å². The van der Waals surface area contributed by atoms with Gasteiger partial charge in [0.25, 0.3) is 0 Å². The summed E-state index contributed by atoms with van der Waals surface area (Å²) in [7, 11) is 1.50. The normalized spacial score (nSPS) is 11.9. The topological polar surface area (TPSA) is 82.4 Å². The van der Waals surface area contributed by atoms with Crippen LogP contribution in [0.25, 0.3) is 0 Å². The predicted octanol–water partition coefficient (Wildman–Crippen LogP) is 2.34. The number of hydrogen-bond donors (Lipinski definition) is 3. The maximum Gasteiger partial charge on any atom is 0.433 e. The lowest BCUT2D eigenvalue weighted by atomic mass is 10.1. The molecule has 5 nitrogen and oxygen atoms in total. The molecule has 1 rings (SSSR count). The third kappa shape index (κ3) is 4.83. The van der Waals surface area contributed by atoms with Crippen LogP contribution in [-0.4, -0.2) is 30.1 Å². The molecule has 0 aliphatic carbocycles. The first-order valence-corrected chi connectivity index (χ1v) is 5.71. The Kier molecular flexibility index (Phi) is 5.34. The second-order valence-corrected chi connectivity index (χ2v) is 3.96. The van der Waals surface area contributed by atoms with Gasteiger partial charge in [-0.15, -0.1) is 0 Å². The van der Waals surface area contributed by atoms with Crippen molar-refractivity contribution in [1.29, 1.82) is 5.41 Å². The van der Waals surface area contributed by atoms with E-state index in [1.165, 1.54) is 7.11 Å². The van der Waals surface area contributed by atoms with Crippen LogP contribution in [0.2, 0.25) is 0 Å². The van der Waals surface area contributed by atoms with E-state index in [0.29, 0.717) is 11.9 Å². The molecule has 0 bridgehead atoms. The number of alkyl halides is 3. The summed E-state index contributed by atoms with van der Waals surface area (Å²) in [5, 5.41) is 18.0. The lowest BCUT2D eigenvalue weighted by Gasteiger charge is -2.09. The molecule has 114 valence electrons. The van der Waals surface area contributed by atoms with Crippen molar-refractivity contribution in [3.05, 3.63) is 41.6 Å². The number of aliphatic carboxylic acids is 1. The molecule has 1 aromatic carbocycles. The molecule has 0 amide bonds. The number of nitrogens with one attached hydrogen (secondary N) is 2. The van der Waals surface area contributed by atoms with E-state index >= 15 is 0 Å². The predicted molar refractivity (Wildman–Crippen MR) is 69.3 cm³/mol. The van der Waals surface area contributed by atoms with E-state index in [-0.39, 0.29) is 6.54 Å². The first-order chi connectivity index (χ1) is 9.75. The Morgan fingerprint density at radius 2 is 1.95 bits per heavy atom. The highest BCUT2D eigenvalue weighted by atomic mass is 19.4. The molecule has 0 saturated heterocycles. The molecule has 0 aromatic heterocycles. The summed E-state index contributed by atoms with van der Waals surface area (Å²) in [5.74, 6) is -1.20. The number of ether oxygens (including phenoxy) is 1. The van der Waals surface area contributed by atoms with E-state index in [2.05, 4.69) is 5.32 Å². The van der Waals surface area contributed by atoms with Gasteiger partial charge in [0.15, 0.2) is 5.71 Å². The lowest BCUT2D eigenvalue weighted by molar-refractivity contribution is -0.132. The Morgan fingerprint density at radius 3 is 2.38 bits per heavy atom. The minimum absolute atomic E-state index is 0.117. The number of carboxylic acids is 1. The Bertz CT molecular complexity index is 551. The van der Waals surface area contributed by atoms with E-state index in [0.717, 1.165) is 5.56 Å². The van der Waals surface area contributed by atoms with Crippen molar-refractivity contribution in [1.82, 2.24) is 5.32 Å². The zero-order chi connectivity index (χ0) is 16.0. The average Bonchev–Trinajstić information content (AvgIpc) is 2.42. The van der Waals surface area contributed by atoms with Gasteiger partial charge in [-0.05, 0) is 17.7 Å². The van der Waals surface area contributed by atoms with E-state index < -0.39 is 23.4 Å². The fourth-order valence-corrected chi connectivity index (χ4v) is 1.41. The highest BCUT2D eigenvalue weighted by Crippen LogP contribution is 2.21. The maximum atomic E-state index is 12.3. The number of methoxy groups -OCH3 is 1. The molecule has 0 atom stereocenters. The Labute approximate surface area is 118 Å². The molecule has 21 heavy (non-hydrogen) atoms. The van der Waals surface area contributed by atoms with Gasteiger partial charge >= 0.3 is 12.1 Å². The molecule has 0 aliphatic heterocycles. The van der Waals surface area contributed by atoms with Crippen LogP contribution in [0.1, 0.15) is 5.56 Å². The molecule has 0 fully saturated rings. The zero-order valence-corrected chi connectivity index (χ0v) is 11.0. The van der Waals surface area contributed by atoms with E-state index in [1.807, 2.05) is 0 Å². The number of hydrogen-bond acceptors (Lipinski definition) is 4. The molecule has 3 N–H and O–H groups in total. The van der Waals surface area contributed by atoms with Crippen LogP contribution in [0, 0.1) is 5.41 Å². The Hall–Kier alpha value is -2.51. The Balaban J connectivity index is 2.75. The molecular formula is C13H13F3N2O3. The summed E-state index contributed by atoms with van der Waals surface area (Å²) in [6.45, 7) is 0.117. The minimum Gasteiger partial charge on any atom is -0.497 e. The summed E-state index contributed by atoms with van der Waals surface area (Å²) in [5.41, 5.74) is -2.33. The van der Waals surface area contributed by atoms with Crippen molar-refractivity contribution in [2.75, 3.05) is 7.11 Å². The van der Waals surface area contributed by atoms with Gasteiger partial charge in [-0.25, -0.2) is 4.79 Å². The largest absolute Gasteiger partial charge is 0.497 e. The highest BCUT2D eigenvalue weighted by Gasteiger charge is 2.39. The summed E-state index contributed by atoms with van der Waals surface area (Å²) < 4.78 is 41.9. The van der Waals surface area contributed by atoms with Gasteiger partial charge in [0.05, 0.1) is 7.11 Å². The molecule has 8 heteroatoms. The van der Waals surface area contributed by atoms with Gasteiger partial charge in [0.2, 0.25) is 0 Å². The van der Waals surface area contributed by atoms with Gasteiger partial charge in [-0.3, -0.25) is 5.41 Å². The third-order valence-corrected chi connectivity index (χ3v) is 2.49. The van der Waals surface area contributed by atoms with Crippen molar-refractivity contribution in [2.45, 2.75) is 12.7 Å². The van der Waals surface area contributed by atoms with Crippen LogP contribution in [0.4, 0.5) is 13.2 Å². The van der Waals surface area contributed by atoms with Gasteiger partial charge < -0.3 is 15.2 Å². The molecule has 0 radical (unpaired) electrons. The lowest BCUT2D eigenvalue weighted by Crippen LogP contribution is -2.28. The van der Waals surface area contributed by atoms with Gasteiger partial charge in [0.1, 0.15) is 11.3 Å². The van der Waals surface area contributed by atoms with Crippen LogP contribution in [-0.2, 0) is 11.3 Å². The highest BCUT2D eigenvalue weighted by molar-refractivity contribution is 6.19. The van der Waals surface area contributed by atoms with Crippen molar-refractivity contribution >= 4 is 11.7 Å². The van der Waals surface area contributed by atoms with E-state index in [4.69, 9.17) is 15.3 Å². The summed E-state index contributed by atoms with van der Waals surface area (Å²) in [6.07, 6.45) is -4.34. The fourth-order valence-electron chi connectivity index (χ4n) is 1.41. The van der Waals surface area contributed by atoms with E-state index in [1.54, 1.807) is 24.3 Å².